The Labute approximate surface area is 204 Å². The highest BCUT2D eigenvalue weighted by Gasteiger charge is 2.29. The average Bonchev–Trinajstić information content (AvgIpc) is 2.81. The Bertz CT molecular complexity index is 1120. The number of fused-ring (bicyclic) bond motifs is 4. The minimum atomic E-state index is -1.13. The van der Waals surface area contributed by atoms with Gasteiger partial charge < -0.3 is 34.9 Å². The van der Waals surface area contributed by atoms with E-state index in [4.69, 9.17) is 18.9 Å². The number of nitrogens with one attached hydrogen (secondary N) is 3. The molecule has 3 N–H and O–H groups in total. The number of alkyl carbamates (subject to hydrolysis) is 1. The first kappa shape index (κ1) is 25.7. The highest BCUT2D eigenvalue weighted by molar-refractivity contribution is 5.91. The smallest absolute Gasteiger partial charge is 0.408 e. The van der Waals surface area contributed by atoms with Crippen LogP contribution in [0.3, 0.4) is 0 Å². The zero-order chi connectivity index (χ0) is 25.8. The van der Waals surface area contributed by atoms with Crippen LogP contribution in [0.1, 0.15) is 37.9 Å². The lowest BCUT2D eigenvalue weighted by Crippen LogP contribution is -2.45. The summed E-state index contributed by atoms with van der Waals surface area (Å²) in [6.45, 7) is 5.05. The minimum Gasteiger partial charge on any atom is -0.497 e. The molecule has 0 aromatic heterocycles. The molecule has 2 aromatic rings. The first-order valence-corrected chi connectivity index (χ1v) is 11.0. The Morgan fingerprint density at radius 2 is 1.66 bits per heavy atom. The fourth-order valence-electron chi connectivity index (χ4n) is 3.72. The number of benzene rings is 2. The van der Waals surface area contributed by atoms with E-state index < -0.39 is 29.6 Å². The number of carbonyl (C=O) groups excluding carboxylic acids is 3. The molecular weight excluding hydrogens is 454 g/mol. The fraction of sp³-hybridized carbons (Fsp3) is 0.400. The number of amides is 3. The normalized spacial score (nSPS) is 15.9. The molecule has 0 aliphatic carbocycles. The van der Waals surface area contributed by atoms with Gasteiger partial charge in [-0.1, -0.05) is 6.07 Å². The Kier molecular flexibility index (Phi) is 7.73. The van der Waals surface area contributed by atoms with Gasteiger partial charge in [0.15, 0.2) is 0 Å². The van der Waals surface area contributed by atoms with Crippen LogP contribution in [0, 0.1) is 0 Å². The summed E-state index contributed by atoms with van der Waals surface area (Å²) in [7, 11) is 4.60. The Hall–Kier alpha value is -3.95. The molecule has 0 fully saturated rings. The third-order valence-electron chi connectivity index (χ3n) is 5.26. The predicted octanol–water partition coefficient (Wildman–Crippen LogP) is 2.69. The molecule has 10 heteroatoms. The van der Waals surface area contributed by atoms with Gasteiger partial charge >= 0.3 is 6.09 Å². The summed E-state index contributed by atoms with van der Waals surface area (Å²) in [5, 5.41) is 7.98. The van der Waals surface area contributed by atoms with Crippen LogP contribution < -0.4 is 30.2 Å². The summed E-state index contributed by atoms with van der Waals surface area (Å²) < 4.78 is 22.0. The van der Waals surface area contributed by atoms with E-state index in [1.54, 1.807) is 58.2 Å². The maximum atomic E-state index is 13.1. The molecule has 35 heavy (non-hydrogen) atoms. The lowest BCUT2D eigenvalue weighted by Gasteiger charge is -2.25. The van der Waals surface area contributed by atoms with Gasteiger partial charge in [0.1, 0.15) is 28.9 Å². The second-order valence-electron chi connectivity index (χ2n) is 8.90. The molecule has 2 aromatic carbocycles. The van der Waals surface area contributed by atoms with Gasteiger partial charge in [0.2, 0.25) is 11.8 Å². The maximum Gasteiger partial charge on any atom is 0.408 e. The van der Waals surface area contributed by atoms with Crippen molar-refractivity contribution in [3.8, 4) is 28.4 Å². The average molecular weight is 486 g/mol. The quantitative estimate of drug-likeness (QED) is 0.608. The van der Waals surface area contributed by atoms with Gasteiger partial charge in [0.05, 0.1) is 27.9 Å². The van der Waals surface area contributed by atoms with Crippen molar-refractivity contribution in [2.45, 2.75) is 39.0 Å². The van der Waals surface area contributed by atoms with Crippen molar-refractivity contribution >= 4 is 17.9 Å². The van der Waals surface area contributed by atoms with E-state index in [-0.39, 0.29) is 13.1 Å². The van der Waals surface area contributed by atoms with Crippen molar-refractivity contribution < 1.29 is 33.3 Å². The molecule has 0 unspecified atom stereocenters. The highest BCUT2D eigenvalue weighted by Crippen LogP contribution is 2.42. The van der Waals surface area contributed by atoms with E-state index in [0.717, 1.165) is 0 Å². The summed E-state index contributed by atoms with van der Waals surface area (Å²) in [5.41, 5.74) is 1.69. The Morgan fingerprint density at radius 1 is 0.943 bits per heavy atom. The van der Waals surface area contributed by atoms with Gasteiger partial charge in [-0.05, 0) is 50.1 Å². The lowest BCUT2D eigenvalue weighted by molar-refractivity contribution is -0.127. The standard InChI is InChI=1S/C25H31N3O7/c1-25(2,3)35-24(31)28-22-14-7-8-18(33-5)17(10-14)21-15(9-16(32-4)11-19(21)34-6)12-26-20(29)13-27-23(22)30/h7-11,22H,12-13H2,1-6H3,(H,26,29)(H,27,30)(H,28,31)/t22-/m1/s1. The Morgan fingerprint density at radius 3 is 2.29 bits per heavy atom. The third kappa shape index (κ3) is 6.14. The molecule has 3 rings (SSSR count). The molecule has 0 saturated carbocycles. The molecule has 2 bridgehead atoms. The molecule has 1 heterocycles. The molecule has 1 atom stereocenters. The fourth-order valence-corrected chi connectivity index (χ4v) is 3.72. The summed E-state index contributed by atoms with van der Waals surface area (Å²) >= 11 is 0. The number of ether oxygens (including phenoxy) is 4. The lowest BCUT2D eigenvalue weighted by atomic mass is 9.93. The Balaban J connectivity index is 2.22. The van der Waals surface area contributed by atoms with Crippen LogP contribution in [0.5, 0.6) is 17.2 Å². The van der Waals surface area contributed by atoms with E-state index in [1.807, 2.05) is 0 Å². The minimum absolute atomic E-state index is 0.157. The van der Waals surface area contributed by atoms with E-state index in [2.05, 4.69) is 16.0 Å². The van der Waals surface area contributed by atoms with E-state index in [0.29, 0.717) is 39.5 Å². The van der Waals surface area contributed by atoms with Crippen molar-refractivity contribution in [3.63, 3.8) is 0 Å². The van der Waals surface area contributed by atoms with Gasteiger partial charge in [-0.25, -0.2) is 4.79 Å². The summed E-state index contributed by atoms with van der Waals surface area (Å²) in [6.07, 6.45) is -0.769. The molecule has 0 saturated heterocycles. The van der Waals surface area contributed by atoms with Gasteiger partial charge in [-0.2, -0.15) is 0 Å². The first-order chi connectivity index (χ1) is 16.6. The second-order valence-corrected chi connectivity index (χ2v) is 8.90. The SMILES string of the molecule is COc1cc2c(c(OC)c1)-c1cc(ccc1OC)[C@@H](NC(=O)OC(C)(C)C)C(=O)NCC(=O)NC2. The van der Waals surface area contributed by atoms with Crippen molar-refractivity contribution in [2.24, 2.45) is 0 Å². The monoisotopic (exact) mass is 485 g/mol. The molecular formula is C25H31N3O7. The summed E-state index contributed by atoms with van der Waals surface area (Å²) in [5.74, 6) is 0.582. The molecule has 3 amide bonds. The summed E-state index contributed by atoms with van der Waals surface area (Å²) in [4.78, 5) is 38.1. The zero-order valence-electron chi connectivity index (χ0n) is 20.7. The van der Waals surface area contributed by atoms with Gasteiger partial charge in [-0.15, -0.1) is 0 Å². The summed E-state index contributed by atoms with van der Waals surface area (Å²) in [6, 6.07) is 7.52. The molecule has 1 aliphatic rings. The largest absolute Gasteiger partial charge is 0.497 e. The number of carbonyl (C=O) groups is 3. The number of rotatable bonds is 4. The third-order valence-corrected chi connectivity index (χ3v) is 5.26. The van der Waals surface area contributed by atoms with Crippen molar-refractivity contribution in [2.75, 3.05) is 27.9 Å². The molecule has 188 valence electrons. The van der Waals surface area contributed by atoms with Crippen molar-refractivity contribution in [1.29, 1.82) is 0 Å². The van der Waals surface area contributed by atoms with Crippen LogP contribution in [0.15, 0.2) is 30.3 Å². The maximum absolute atomic E-state index is 13.1. The first-order valence-electron chi connectivity index (χ1n) is 11.0. The van der Waals surface area contributed by atoms with Crippen LogP contribution in [-0.2, 0) is 20.9 Å². The van der Waals surface area contributed by atoms with E-state index in [1.165, 1.54) is 14.2 Å². The van der Waals surface area contributed by atoms with E-state index in [9.17, 15) is 14.4 Å². The number of hydrogen-bond acceptors (Lipinski definition) is 7. The van der Waals surface area contributed by atoms with Crippen molar-refractivity contribution in [1.82, 2.24) is 16.0 Å². The molecule has 10 nitrogen and oxygen atoms in total. The van der Waals surface area contributed by atoms with Crippen LogP contribution in [-0.4, -0.2) is 51.4 Å². The zero-order valence-corrected chi connectivity index (χ0v) is 20.7. The molecule has 1 aliphatic heterocycles. The molecule has 0 radical (unpaired) electrons. The number of methoxy groups -OCH3 is 3. The van der Waals surface area contributed by atoms with E-state index >= 15 is 0 Å². The number of hydrogen-bond donors (Lipinski definition) is 3. The topological polar surface area (TPSA) is 124 Å². The van der Waals surface area contributed by atoms with Crippen LogP contribution in [0.25, 0.3) is 11.1 Å². The van der Waals surface area contributed by atoms with Gasteiger partial charge in [0, 0.05) is 23.7 Å². The van der Waals surface area contributed by atoms with Crippen molar-refractivity contribution in [3.05, 3.63) is 41.5 Å². The highest BCUT2D eigenvalue weighted by atomic mass is 16.6. The van der Waals surface area contributed by atoms with Crippen LogP contribution in [0.2, 0.25) is 0 Å². The van der Waals surface area contributed by atoms with Crippen LogP contribution in [0.4, 0.5) is 4.79 Å². The van der Waals surface area contributed by atoms with Gasteiger partial charge in [0.25, 0.3) is 0 Å². The van der Waals surface area contributed by atoms with Crippen LogP contribution >= 0.6 is 0 Å². The molecule has 0 spiro atoms. The predicted molar refractivity (Wildman–Crippen MR) is 129 cm³/mol. The van der Waals surface area contributed by atoms with Gasteiger partial charge in [-0.3, -0.25) is 9.59 Å². The second kappa shape index (κ2) is 10.5.